The van der Waals surface area contributed by atoms with Gasteiger partial charge in [-0.15, -0.1) is 0 Å². The molecule has 0 aliphatic carbocycles. The first kappa shape index (κ1) is 24.6. The normalized spacial score (nSPS) is 12.9. The van der Waals surface area contributed by atoms with E-state index in [4.69, 9.17) is 10.8 Å². The van der Waals surface area contributed by atoms with Crippen LogP contribution in [0.4, 0.5) is 5.69 Å². The molecule has 5 aromatic rings. The van der Waals surface area contributed by atoms with Gasteiger partial charge >= 0.3 is 0 Å². The Morgan fingerprint density at radius 1 is 0.974 bits per heavy atom. The van der Waals surface area contributed by atoms with Crippen LogP contribution in [0.2, 0.25) is 0 Å². The van der Waals surface area contributed by atoms with Crippen molar-refractivity contribution < 1.29 is 19.5 Å². The number of anilines is 1. The number of aryl methyl sites for hydroxylation is 1. The molecule has 2 amide bonds. The predicted octanol–water partition coefficient (Wildman–Crippen LogP) is 5.05. The number of nitrogens with two attached hydrogens (primary N) is 1. The molecule has 1 aliphatic rings. The fraction of sp³-hybridized carbons (Fsp3) is 0.156. The number of H-pyrrole nitrogens is 1. The number of hydrogen-bond donors (Lipinski definition) is 3. The number of hydrogen-bond acceptors (Lipinski definition) is 4. The van der Waals surface area contributed by atoms with Crippen LogP contribution in [0.15, 0.2) is 72.8 Å². The van der Waals surface area contributed by atoms with Crippen LogP contribution < -0.4 is 10.6 Å². The van der Waals surface area contributed by atoms with Crippen LogP contribution in [0.1, 0.15) is 43.8 Å². The molecule has 2 heterocycles. The van der Waals surface area contributed by atoms with Gasteiger partial charge in [0.05, 0.1) is 17.6 Å². The lowest BCUT2D eigenvalue weighted by atomic mass is 9.93. The van der Waals surface area contributed by atoms with Crippen molar-refractivity contribution in [1.29, 1.82) is 0 Å². The largest absolute Gasteiger partial charge is 0.389 e. The quantitative estimate of drug-likeness (QED) is 0.280. The molecule has 7 heteroatoms. The zero-order valence-corrected chi connectivity index (χ0v) is 21.5. The molecule has 0 radical (unpaired) electrons. The highest BCUT2D eigenvalue weighted by atomic mass is 16.3. The van der Waals surface area contributed by atoms with Gasteiger partial charge in [-0.05, 0) is 65.4 Å². The van der Waals surface area contributed by atoms with Gasteiger partial charge in [0.15, 0.2) is 5.78 Å². The summed E-state index contributed by atoms with van der Waals surface area (Å²) >= 11 is 0. The molecule has 0 fully saturated rings. The van der Waals surface area contributed by atoms with Gasteiger partial charge in [-0.1, -0.05) is 48.5 Å². The zero-order valence-electron chi connectivity index (χ0n) is 21.5. The minimum Gasteiger partial charge on any atom is -0.389 e. The third-order valence-corrected chi connectivity index (χ3v) is 7.66. The number of rotatable bonds is 7. The number of aliphatic hydroxyl groups excluding tert-OH is 1. The molecule has 0 bridgehead atoms. The number of ketones is 1. The molecule has 0 saturated carbocycles. The SMILES string of the molecule is Cc1c(-c2ccc(C(N)=O)c3[nH]c4cc(CCC(=O)CO)ccc4c23)cccc1N1Cc2ccccc2C1=O. The molecule has 0 atom stereocenters. The molecule has 39 heavy (non-hydrogen) atoms. The molecule has 4 aromatic carbocycles. The standard InChI is InChI=1S/C32H27N3O4/c1-18-22(7-4-8-28(18)35-16-20-5-2-3-6-23(20)32(35)39)24-13-14-26(31(33)38)30-29(24)25-12-10-19(15-27(25)34-30)9-11-21(37)17-36/h2-8,10,12-15,34,36H,9,11,16-17H2,1H3,(H2,33,38). The van der Waals surface area contributed by atoms with Crippen LogP contribution in [0.3, 0.4) is 0 Å². The summed E-state index contributed by atoms with van der Waals surface area (Å²) in [4.78, 5) is 42.4. The van der Waals surface area contributed by atoms with Crippen molar-refractivity contribution >= 4 is 45.1 Å². The average Bonchev–Trinajstić information content (AvgIpc) is 3.49. The van der Waals surface area contributed by atoms with Crippen LogP contribution in [0, 0.1) is 6.92 Å². The summed E-state index contributed by atoms with van der Waals surface area (Å²) in [6, 6.07) is 23.2. The average molecular weight is 518 g/mol. The molecule has 0 unspecified atom stereocenters. The number of aromatic nitrogens is 1. The Morgan fingerprint density at radius 2 is 1.77 bits per heavy atom. The van der Waals surface area contributed by atoms with E-state index in [0.29, 0.717) is 24.0 Å². The maximum absolute atomic E-state index is 13.2. The third-order valence-electron chi connectivity index (χ3n) is 7.66. The first-order valence-corrected chi connectivity index (χ1v) is 12.9. The summed E-state index contributed by atoms with van der Waals surface area (Å²) in [7, 11) is 0. The third kappa shape index (κ3) is 4.08. The molecule has 4 N–H and O–H groups in total. The Morgan fingerprint density at radius 3 is 2.54 bits per heavy atom. The molecule has 194 valence electrons. The van der Waals surface area contributed by atoms with Crippen LogP contribution >= 0.6 is 0 Å². The van der Waals surface area contributed by atoms with Crippen molar-refractivity contribution in [3.63, 3.8) is 0 Å². The monoisotopic (exact) mass is 517 g/mol. The van der Waals surface area contributed by atoms with Crippen LogP contribution in [-0.2, 0) is 17.8 Å². The van der Waals surface area contributed by atoms with E-state index in [2.05, 4.69) is 4.98 Å². The van der Waals surface area contributed by atoms with Gasteiger partial charge in [0.2, 0.25) is 0 Å². The summed E-state index contributed by atoms with van der Waals surface area (Å²) in [6.45, 7) is 2.07. The molecule has 6 rings (SSSR count). The van der Waals surface area contributed by atoms with E-state index < -0.39 is 12.5 Å². The highest BCUT2D eigenvalue weighted by Crippen LogP contribution is 2.41. The van der Waals surface area contributed by atoms with Gasteiger partial charge in [0.1, 0.15) is 6.61 Å². The predicted molar refractivity (Wildman–Crippen MR) is 152 cm³/mol. The molecule has 1 aliphatic heterocycles. The summed E-state index contributed by atoms with van der Waals surface area (Å²) in [5.74, 6) is -0.753. The Bertz CT molecular complexity index is 1820. The van der Waals surface area contributed by atoms with Crippen LogP contribution in [0.5, 0.6) is 0 Å². The van der Waals surface area contributed by atoms with Gasteiger partial charge in [-0.2, -0.15) is 0 Å². The summed E-state index contributed by atoms with van der Waals surface area (Å²) in [5.41, 5.74) is 14.0. The number of fused-ring (bicyclic) bond motifs is 4. The molecular formula is C32H27N3O4. The van der Waals surface area contributed by atoms with Crippen molar-refractivity contribution in [3.05, 3.63) is 101 Å². The lowest BCUT2D eigenvalue weighted by molar-refractivity contribution is -0.121. The van der Waals surface area contributed by atoms with E-state index in [1.807, 2.05) is 78.6 Å². The molecular weight excluding hydrogens is 490 g/mol. The molecule has 7 nitrogen and oxygen atoms in total. The van der Waals surface area contributed by atoms with E-state index in [1.165, 1.54) is 0 Å². The number of benzene rings is 4. The van der Waals surface area contributed by atoms with E-state index in [0.717, 1.165) is 55.4 Å². The van der Waals surface area contributed by atoms with Crippen molar-refractivity contribution in [2.24, 2.45) is 5.73 Å². The number of nitrogens with zero attached hydrogens (tertiary/aromatic N) is 1. The van der Waals surface area contributed by atoms with Crippen LogP contribution in [0.25, 0.3) is 32.9 Å². The number of aliphatic hydroxyl groups is 1. The smallest absolute Gasteiger partial charge is 0.258 e. The number of carbonyl (C=O) groups is 3. The van der Waals surface area contributed by atoms with Gasteiger partial charge in [-0.25, -0.2) is 0 Å². The second-order valence-corrected chi connectivity index (χ2v) is 9.97. The summed E-state index contributed by atoms with van der Waals surface area (Å²) in [6.07, 6.45) is 0.763. The molecule has 0 spiro atoms. The van der Waals surface area contributed by atoms with Gasteiger partial charge < -0.3 is 20.7 Å². The highest BCUT2D eigenvalue weighted by Gasteiger charge is 2.29. The maximum atomic E-state index is 13.2. The number of nitrogens with one attached hydrogen (secondary N) is 1. The first-order chi connectivity index (χ1) is 18.9. The second-order valence-electron chi connectivity index (χ2n) is 9.97. The van der Waals surface area contributed by atoms with Crippen molar-refractivity contribution in [3.8, 4) is 11.1 Å². The second kappa shape index (κ2) is 9.53. The number of aromatic amines is 1. The van der Waals surface area contributed by atoms with E-state index in [-0.39, 0.29) is 18.1 Å². The van der Waals surface area contributed by atoms with Gasteiger partial charge in [0, 0.05) is 34.0 Å². The topological polar surface area (TPSA) is 116 Å². The number of carbonyl (C=O) groups excluding carboxylic acids is 3. The highest BCUT2D eigenvalue weighted by molar-refractivity contribution is 6.20. The molecule has 0 saturated heterocycles. The zero-order chi connectivity index (χ0) is 27.3. The fourth-order valence-electron chi connectivity index (χ4n) is 5.66. The number of amides is 2. The summed E-state index contributed by atoms with van der Waals surface area (Å²) < 4.78 is 0. The summed E-state index contributed by atoms with van der Waals surface area (Å²) in [5, 5.41) is 10.8. The van der Waals surface area contributed by atoms with Crippen molar-refractivity contribution in [2.45, 2.75) is 26.3 Å². The van der Waals surface area contributed by atoms with E-state index in [1.54, 1.807) is 6.07 Å². The van der Waals surface area contributed by atoms with Gasteiger partial charge in [0.25, 0.3) is 11.8 Å². The lowest BCUT2D eigenvalue weighted by Gasteiger charge is -2.21. The van der Waals surface area contributed by atoms with E-state index >= 15 is 0 Å². The van der Waals surface area contributed by atoms with Gasteiger partial charge in [-0.3, -0.25) is 14.4 Å². The first-order valence-electron chi connectivity index (χ1n) is 12.9. The Balaban J connectivity index is 1.50. The Kier molecular flexibility index (Phi) is 6.00. The van der Waals surface area contributed by atoms with Crippen molar-refractivity contribution in [2.75, 3.05) is 11.5 Å². The van der Waals surface area contributed by atoms with Crippen molar-refractivity contribution in [1.82, 2.24) is 4.98 Å². The lowest BCUT2D eigenvalue weighted by Crippen LogP contribution is -2.24. The molecule has 1 aromatic heterocycles. The number of primary amides is 1. The Hall–Kier alpha value is -4.75. The minimum absolute atomic E-state index is 0.0145. The maximum Gasteiger partial charge on any atom is 0.258 e. The van der Waals surface area contributed by atoms with E-state index in [9.17, 15) is 14.4 Å². The number of Topliss-reactive ketones (excluding diaryl/α,β-unsaturated/α-hetero) is 1. The van der Waals surface area contributed by atoms with Crippen LogP contribution in [-0.4, -0.2) is 34.3 Å². The Labute approximate surface area is 224 Å². The minimum atomic E-state index is -0.530. The fourth-order valence-corrected chi connectivity index (χ4v) is 5.66.